The highest BCUT2D eigenvalue weighted by Gasteiger charge is 2.22. The molecule has 6 heteroatoms. The largest absolute Gasteiger partial charge is 0.465 e. The Hall–Kier alpha value is -0.770. The summed E-state index contributed by atoms with van der Waals surface area (Å²) in [5, 5.41) is 0.317. The molecule has 16 heavy (non-hydrogen) atoms. The summed E-state index contributed by atoms with van der Waals surface area (Å²) in [4.78, 5) is 21.7. The van der Waals surface area contributed by atoms with Gasteiger partial charge in [0.1, 0.15) is 0 Å². The molecule has 0 spiro atoms. The van der Waals surface area contributed by atoms with E-state index in [-0.39, 0.29) is 11.1 Å². The number of ketones is 1. The Morgan fingerprint density at radius 3 is 2.38 bits per heavy atom. The molecule has 0 aromatic heterocycles. The van der Waals surface area contributed by atoms with Gasteiger partial charge in [-0.3, -0.25) is 4.79 Å². The van der Waals surface area contributed by atoms with Crippen molar-refractivity contribution in [3.8, 4) is 0 Å². The molecule has 1 rings (SSSR count). The van der Waals surface area contributed by atoms with Gasteiger partial charge in [-0.2, -0.15) is 0 Å². The van der Waals surface area contributed by atoms with Crippen LogP contribution in [0.2, 0.25) is 5.02 Å². The number of hydrogen-bond acceptors (Lipinski definition) is 3. The standard InChI is InChI=1S/C10H7Cl3O3/c1-16-10(15)7-4-5(11)2-3-6(7)8(14)9(12)13/h2-4,9H,1H3. The first-order valence-electron chi connectivity index (χ1n) is 4.17. The maximum Gasteiger partial charge on any atom is 0.338 e. The summed E-state index contributed by atoms with van der Waals surface area (Å²) in [7, 11) is 1.20. The van der Waals surface area contributed by atoms with Crippen molar-refractivity contribution >= 4 is 46.6 Å². The molecule has 0 aliphatic carbocycles. The summed E-state index contributed by atoms with van der Waals surface area (Å²) in [6.45, 7) is 0. The zero-order valence-corrected chi connectivity index (χ0v) is 10.4. The third-order valence-corrected chi connectivity index (χ3v) is 2.48. The van der Waals surface area contributed by atoms with Gasteiger partial charge in [0, 0.05) is 10.6 Å². The molecule has 0 unspecified atom stereocenters. The molecule has 0 radical (unpaired) electrons. The van der Waals surface area contributed by atoms with Gasteiger partial charge in [0.15, 0.2) is 10.6 Å². The Kier molecular flexibility index (Phi) is 4.59. The third-order valence-electron chi connectivity index (χ3n) is 1.85. The quantitative estimate of drug-likeness (QED) is 0.486. The van der Waals surface area contributed by atoms with Gasteiger partial charge in [0.2, 0.25) is 0 Å². The second-order valence-electron chi connectivity index (χ2n) is 2.85. The van der Waals surface area contributed by atoms with Gasteiger partial charge in [0.05, 0.1) is 12.7 Å². The van der Waals surface area contributed by atoms with Gasteiger partial charge >= 0.3 is 5.97 Å². The van der Waals surface area contributed by atoms with Crippen LogP contribution in [0, 0.1) is 0 Å². The number of carbonyl (C=O) groups is 2. The van der Waals surface area contributed by atoms with Crippen molar-refractivity contribution in [2.24, 2.45) is 0 Å². The first-order chi connectivity index (χ1) is 7.47. The maximum absolute atomic E-state index is 11.6. The Morgan fingerprint density at radius 1 is 1.25 bits per heavy atom. The van der Waals surface area contributed by atoms with E-state index in [0.29, 0.717) is 5.02 Å². The van der Waals surface area contributed by atoms with Gasteiger partial charge < -0.3 is 4.74 Å². The lowest BCUT2D eigenvalue weighted by molar-refractivity contribution is 0.0597. The fourth-order valence-corrected chi connectivity index (χ4v) is 1.53. The fourth-order valence-electron chi connectivity index (χ4n) is 1.13. The van der Waals surface area contributed by atoms with Crippen molar-refractivity contribution < 1.29 is 14.3 Å². The molecule has 0 fully saturated rings. The highest BCUT2D eigenvalue weighted by Crippen LogP contribution is 2.21. The number of alkyl halides is 2. The lowest BCUT2D eigenvalue weighted by atomic mass is 10.0. The monoisotopic (exact) mass is 280 g/mol. The molecule has 0 atom stereocenters. The second-order valence-corrected chi connectivity index (χ2v) is 4.38. The minimum absolute atomic E-state index is 0.0475. The van der Waals surface area contributed by atoms with Crippen LogP contribution in [0.25, 0.3) is 0 Å². The maximum atomic E-state index is 11.6. The number of methoxy groups -OCH3 is 1. The molecule has 0 amide bonds. The molecule has 0 saturated heterocycles. The van der Waals surface area contributed by atoms with Crippen LogP contribution in [0.5, 0.6) is 0 Å². The second kappa shape index (κ2) is 5.53. The van der Waals surface area contributed by atoms with Crippen LogP contribution in [0.1, 0.15) is 20.7 Å². The van der Waals surface area contributed by atoms with Gasteiger partial charge in [-0.15, -0.1) is 0 Å². The highest BCUT2D eigenvalue weighted by atomic mass is 35.5. The van der Waals surface area contributed by atoms with Crippen molar-refractivity contribution in [1.29, 1.82) is 0 Å². The van der Waals surface area contributed by atoms with Crippen LogP contribution in [0.15, 0.2) is 18.2 Å². The fraction of sp³-hybridized carbons (Fsp3) is 0.200. The molecule has 0 saturated carbocycles. The molecule has 0 heterocycles. The lowest BCUT2D eigenvalue weighted by Crippen LogP contribution is -2.15. The summed E-state index contributed by atoms with van der Waals surface area (Å²) in [5.41, 5.74) is 0.137. The molecule has 3 nitrogen and oxygen atoms in total. The molecule has 1 aromatic rings. The lowest BCUT2D eigenvalue weighted by Gasteiger charge is -2.07. The molecular weight excluding hydrogens is 274 g/mol. The number of halogens is 3. The summed E-state index contributed by atoms with van der Waals surface area (Å²) in [6.07, 6.45) is 0. The smallest absolute Gasteiger partial charge is 0.338 e. The molecule has 0 aliphatic rings. The third kappa shape index (κ3) is 2.88. The average molecular weight is 282 g/mol. The number of carbonyl (C=O) groups excluding carboxylic acids is 2. The van der Waals surface area contributed by atoms with Crippen LogP contribution < -0.4 is 0 Å². The molecule has 0 bridgehead atoms. The van der Waals surface area contributed by atoms with Crippen LogP contribution in [0.4, 0.5) is 0 Å². The molecule has 0 aliphatic heterocycles. The van der Waals surface area contributed by atoms with Crippen LogP contribution >= 0.6 is 34.8 Å². The van der Waals surface area contributed by atoms with Crippen LogP contribution in [-0.4, -0.2) is 23.7 Å². The predicted molar refractivity (Wildman–Crippen MR) is 62.6 cm³/mol. The van der Waals surface area contributed by atoms with E-state index in [1.54, 1.807) is 0 Å². The Labute approximate surface area is 107 Å². The SMILES string of the molecule is COC(=O)c1cc(Cl)ccc1C(=O)C(Cl)Cl. The van der Waals surface area contributed by atoms with E-state index in [9.17, 15) is 9.59 Å². The average Bonchev–Trinajstić information content (AvgIpc) is 2.26. The summed E-state index contributed by atoms with van der Waals surface area (Å²) >= 11 is 16.6. The number of hydrogen-bond donors (Lipinski definition) is 0. The number of esters is 1. The van der Waals surface area contributed by atoms with E-state index in [1.165, 1.54) is 25.3 Å². The van der Waals surface area contributed by atoms with E-state index < -0.39 is 16.6 Å². The van der Waals surface area contributed by atoms with Crippen molar-refractivity contribution in [3.05, 3.63) is 34.3 Å². The summed E-state index contributed by atoms with van der Waals surface area (Å²) in [5.74, 6) is -1.24. The number of benzene rings is 1. The van der Waals surface area contributed by atoms with Crippen LogP contribution in [0.3, 0.4) is 0 Å². The summed E-state index contributed by atoms with van der Waals surface area (Å²) in [6, 6.07) is 4.18. The zero-order chi connectivity index (χ0) is 12.3. The van der Waals surface area contributed by atoms with E-state index in [2.05, 4.69) is 4.74 Å². The van der Waals surface area contributed by atoms with E-state index in [1.807, 2.05) is 0 Å². The normalized spacial score (nSPS) is 10.3. The number of Topliss-reactive ketones (excluding diaryl/α,β-unsaturated/α-hetero) is 1. The first kappa shape index (κ1) is 13.3. The van der Waals surface area contributed by atoms with Gasteiger partial charge in [0.25, 0.3) is 0 Å². The van der Waals surface area contributed by atoms with E-state index >= 15 is 0 Å². The van der Waals surface area contributed by atoms with E-state index in [4.69, 9.17) is 34.8 Å². The van der Waals surface area contributed by atoms with Crippen molar-refractivity contribution in [1.82, 2.24) is 0 Å². The summed E-state index contributed by atoms with van der Waals surface area (Å²) < 4.78 is 4.53. The Bertz CT molecular complexity index is 429. The first-order valence-corrected chi connectivity index (χ1v) is 5.42. The molecule has 1 aromatic carbocycles. The van der Waals surface area contributed by atoms with Crippen molar-refractivity contribution in [2.75, 3.05) is 7.11 Å². The van der Waals surface area contributed by atoms with Crippen molar-refractivity contribution in [3.63, 3.8) is 0 Å². The van der Waals surface area contributed by atoms with Crippen LogP contribution in [-0.2, 0) is 4.74 Å². The number of ether oxygens (including phenoxy) is 1. The van der Waals surface area contributed by atoms with E-state index in [0.717, 1.165) is 0 Å². The Morgan fingerprint density at radius 2 is 1.88 bits per heavy atom. The molecule has 86 valence electrons. The molecular formula is C10H7Cl3O3. The van der Waals surface area contributed by atoms with Crippen molar-refractivity contribution in [2.45, 2.75) is 4.84 Å². The zero-order valence-electron chi connectivity index (χ0n) is 8.17. The minimum atomic E-state index is -1.23. The highest BCUT2D eigenvalue weighted by molar-refractivity contribution is 6.55. The Balaban J connectivity index is 3.28. The number of rotatable bonds is 3. The minimum Gasteiger partial charge on any atom is -0.465 e. The van der Waals surface area contributed by atoms with Gasteiger partial charge in [-0.05, 0) is 18.2 Å². The van der Waals surface area contributed by atoms with Gasteiger partial charge in [-0.1, -0.05) is 34.8 Å². The predicted octanol–water partition coefficient (Wildman–Crippen LogP) is 3.11. The topological polar surface area (TPSA) is 43.4 Å². The molecule has 0 N–H and O–H groups in total. The van der Waals surface area contributed by atoms with Gasteiger partial charge in [-0.25, -0.2) is 4.79 Å².